The molecule has 1 atom stereocenters. The molecular weight excluding hydrogens is 442 g/mol. The van der Waals surface area contributed by atoms with Crippen LogP contribution in [0.15, 0.2) is 65.7 Å². The van der Waals surface area contributed by atoms with Crippen LogP contribution in [0.3, 0.4) is 0 Å². The lowest BCUT2D eigenvalue weighted by Crippen LogP contribution is -2.16. The Bertz CT molecular complexity index is 1480. The number of carbonyl (C=O) groups excluding carboxylic acids is 1. The second-order valence-electron chi connectivity index (χ2n) is 7.83. The summed E-state index contributed by atoms with van der Waals surface area (Å²) in [6.07, 6.45) is 1.70. The van der Waals surface area contributed by atoms with Crippen molar-refractivity contribution in [2.75, 3.05) is 0 Å². The van der Waals surface area contributed by atoms with E-state index in [1.54, 1.807) is 62.4 Å². The molecule has 0 aliphatic rings. The molecule has 170 valence electrons. The van der Waals surface area contributed by atoms with Crippen LogP contribution in [0.4, 0.5) is 0 Å². The van der Waals surface area contributed by atoms with Crippen molar-refractivity contribution in [3.63, 3.8) is 0 Å². The highest BCUT2D eigenvalue weighted by Crippen LogP contribution is 2.30. The number of aromatic carboxylic acids is 1. The number of Topliss-reactive ketones (excluding diaryl/α,β-unsaturated/α-hetero) is 1. The van der Waals surface area contributed by atoms with Crippen molar-refractivity contribution >= 4 is 32.7 Å². The van der Waals surface area contributed by atoms with Crippen molar-refractivity contribution in [1.29, 1.82) is 0 Å². The van der Waals surface area contributed by atoms with Gasteiger partial charge >= 0.3 is 5.97 Å². The van der Waals surface area contributed by atoms with E-state index in [4.69, 9.17) is 0 Å². The molecule has 0 radical (unpaired) electrons. The largest absolute Gasteiger partial charge is 0.477 e. The number of nitrogens with zero attached hydrogens (tertiary/aromatic N) is 3. The van der Waals surface area contributed by atoms with Gasteiger partial charge in [-0.05, 0) is 43.7 Å². The summed E-state index contributed by atoms with van der Waals surface area (Å²) in [6.45, 7) is 5.33. The maximum absolute atomic E-state index is 13.3. The zero-order valence-corrected chi connectivity index (χ0v) is 19.2. The molecule has 9 heteroatoms. The SMILES string of the molecule is CCC(=O)c1cc(C(=O)O)n(C(C)c2cccc3c2ccn3S(=O)(=O)c2ccc(C)cc2)n1. The average molecular weight is 466 g/mol. The van der Waals surface area contributed by atoms with E-state index in [0.29, 0.717) is 16.5 Å². The standard InChI is InChI=1S/C24H23N3O5S/c1-4-23(28)20-14-22(24(29)30)27(25-20)16(3)18-6-5-7-21-19(18)12-13-26(21)33(31,32)17-10-8-15(2)9-11-17/h5-14,16H,4H2,1-3H3,(H,29,30). The summed E-state index contributed by atoms with van der Waals surface area (Å²) in [5.41, 5.74) is 2.09. The smallest absolute Gasteiger partial charge is 0.354 e. The normalized spacial score (nSPS) is 12.7. The van der Waals surface area contributed by atoms with Gasteiger partial charge in [-0.2, -0.15) is 5.10 Å². The van der Waals surface area contributed by atoms with Gasteiger partial charge in [0.2, 0.25) is 0 Å². The fourth-order valence-electron chi connectivity index (χ4n) is 3.86. The number of benzene rings is 2. The summed E-state index contributed by atoms with van der Waals surface area (Å²) >= 11 is 0. The van der Waals surface area contributed by atoms with Crippen LogP contribution in [0.2, 0.25) is 0 Å². The Labute approximate surface area is 191 Å². The minimum atomic E-state index is -3.82. The van der Waals surface area contributed by atoms with Crippen LogP contribution in [0.1, 0.15) is 58.4 Å². The van der Waals surface area contributed by atoms with E-state index < -0.39 is 22.0 Å². The third-order valence-electron chi connectivity index (χ3n) is 5.69. The number of fused-ring (bicyclic) bond motifs is 1. The van der Waals surface area contributed by atoms with Crippen LogP contribution in [-0.2, 0) is 10.0 Å². The monoisotopic (exact) mass is 465 g/mol. The van der Waals surface area contributed by atoms with E-state index in [2.05, 4.69) is 5.10 Å². The van der Waals surface area contributed by atoms with E-state index in [9.17, 15) is 23.1 Å². The average Bonchev–Trinajstić information content (AvgIpc) is 3.43. The highest BCUT2D eigenvalue weighted by atomic mass is 32.2. The number of aryl methyl sites for hydroxylation is 1. The number of carbonyl (C=O) groups is 2. The molecule has 1 unspecified atom stereocenters. The van der Waals surface area contributed by atoms with E-state index in [0.717, 1.165) is 5.56 Å². The van der Waals surface area contributed by atoms with Crippen LogP contribution < -0.4 is 0 Å². The molecule has 0 spiro atoms. The maximum atomic E-state index is 13.3. The predicted octanol–water partition coefficient (Wildman–Crippen LogP) is 4.28. The molecule has 2 aromatic carbocycles. The molecule has 2 aromatic heterocycles. The van der Waals surface area contributed by atoms with Gasteiger partial charge in [0.1, 0.15) is 11.4 Å². The number of ketones is 1. The second kappa shape index (κ2) is 8.32. The lowest BCUT2D eigenvalue weighted by Gasteiger charge is -2.16. The van der Waals surface area contributed by atoms with Gasteiger partial charge in [0.05, 0.1) is 16.5 Å². The van der Waals surface area contributed by atoms with Crippen LogP contribution in [-0.4, -0.2) is 39.0 Å². The number of aromatic nitrogens is 3. The number of rotatable bonds is 7. The first-order chi connectivity index (χ1) is 15.6. The molecule has 1 N–H and O–H groups in total. The molecule has 0 saturated heterocycles. The lowest BCUT2D eigenvalue weighted by molar-refractivity contribution is 0.0681. The highest BCUT2D eigenvalue weighted by Gasteiger charge is 2.25. The third kappa shape index (κ3) is 3.84. The van der Waals surface area contributed by atoms with Crippen molar-refractivity contribution < 1.29 is 23.1 Å². The minimum absolute atomic E-state index is 0.0912. The van der Waals surface area contributed by atoms with Gasteiger partial charge in [0.25, 0.3) is 10.0 Å². The Morgan fingerprint density at radius 3 is 2.42 bits per heavy atom. The van der Waals surface area contributed by atoms with Gasteiger partial charge in [-0.25, -0.2) is 17.2 Å². The molecule has 8 nitrogen and oxygen atoms in total. The molecule has 0 aliphatic carbocycles. The third-order valence-corrected chi connectivity index (χ3v) is 7.39. The number of carboxylic acid groups (broad SMARTS) is 1. The Balaban J connectivity index is 1.84. The van der Waals surface area contributed by atoms with Gasteiger partial charge in [0, 0.05) is 24.1 Å². The molecule has 2 heterocycles. The van der Waals surface area contributed by atoms with Gasteiger partial charge in [-0.15, -0.1) is 0 Å². The van der Waals surface area contributed by atoms with E-state index in [-0.39, 0.29) is 28.5 Å². The fourth-order valence-corrected chi connectivity index (χ4v) is 5.21. The van der Waals surface area contributed by atoms with Crippen molar-refractivity contribution in [2.24, 2.45) is 0 Å². The fraction of sp³-hybridized carbons (Fsp3) is 0.208. The summed E-state index contributed by atoms with van der Waals surface area (Å²) < 4.78 is 29.0. The van der Waals surface area contributed by atoms with Gasteiger partial charge in [-0.3, -0.25) is 9.48 Å². The molecule has 0 fully saturated rings. The van der Waals surface area contributed by atoms with Crippen molar-refractivity contribution in [2.45, 2.75) is 38.1 Å². The summed E-state index contributed by atoms with van der Waals surface area (Å²) in [7, 11) is -3.82. The highest BCUT2D eigenvalue weighted by molar-refractivity contribution is 7.90. The summed E-state index contributed by atoms with van der Waals surface area (Å²) in [4.78, 5) is 24.1. The number of hydrogen-bond acceptors (Lipinski definition) is 5. The topological polar surface area (TPSA) is 111 Å². The zero-order chi connectivity index (χ0) is 23.9. The first-order valence-corrected chi connectivity index (χ1v) is 11.9. The number of carboxylic acids is 1. The molecule has 0 saturated carbocycles. The van der Waals surface area contributed by atoms with Crippen LogP contribution in [0.5, 0.6) is 0 Å². The summed E-state index contributed by atoms with van der Waals surface area (Å²) in [5, 5.41) is 14.6. The quantitative estimate of drug-likeness (QED) is 0.408. The Hall–Kier alpha value is -3.72. The summed E-state index contributed by atoms with van der Waals surface area (Å²) in [6, 6.07) is 14.2. The Morgan fingerprint density at radius 2 is 1.79 bits per heavy atom. The van der Waals surface area contributed by atoms with Gasteiger partial charge < -0.3 is 5.11 Å². The van der Waals surface area contributed by atoms with Crippen LogP contribution >= 0.6 is 0 Å². The second-order valence-corrected chi connectivity index (χ2v) is 9.64. The zero-order valence-electron chi connectivity index (χ0n) is 18.4. The first kappa shape index (κ1) is 22.5. The molecule has 4 rings (SSSR count). The van der Waals surface area contributed by atoms with Crippen LogP contribution in [0, 0.1) is 6.92 Å². The van der Waals surface area contributed by atoms with E-state index in [1.165, 1.54) is 20.9 Å². The lowest BCUT2D eigenvalue weighted by atomic mass is 10.0. The summed E-state index contributed by atoms with van der Waals surface area (Å²) in [5.74, 6) is -1.45. The molecule has 0 aliphatic heterocycles. The first-order valence-electron chi connectivity index (χ1n) is 10.4. The van der Waals surface area contributed by atoms with Gasteiger partial charge in [0.15, 0.2) is 5.78 Å². The molecule has 0 bridgehead atoms. The Kier molecular flexibility index (Phi) is 5.67. The van der Waals surface area contributed by atoms with Crippen molar-refractivity contribution in [1.82, 2.24) is 13.8 Å². The predicted molar refractivity (Wildman–Crippen MR) is 123 cm³/mol. The minimum Gasteiger partial charge on any atom is -0.477 e. The molecule has 33 heavy (non-hydrogen) atoms. The van der Waals surface area contributed by atoms with Crippen molar-refractivity contribution in [3.8, 4) is 0 Å². The Morgan fingerprint density at radius 1 is 1.09 bits per heavy atom. The van der Waals surface area contributed by atoms with E-state index >= 15 is 0 Å². The molecule has 4 aromatic rings. The molecule has 0 amide bonds. The number of hydrogen-bond donors (Lipinski definition) is 1. The van der Waals surface area contributed by atoms with Gasteiger partial charge in [-0.1, -0.05) is 36.8 Å². The molecular formula is C24H23N3O5S. The van der Waals surface area contributed by atoms with Crippen molar-refractivity contribution in [3.05, 3.63) is 83.3 Å². The van der Waals surface area contributed by atoms with E-state index in [1.807, 2.05) is 6.92 Å². The van der Waals surface area contributed by atoms with Crippen LogP contribution in [0.25, 0.3) is 10.9 Å². The maximum Gasteiger partial charge on any atom is 0.354 e.